The Morgan fingerprint density at radius 3 is 2.90 bits per heavy atom. The van der Waals surface area contributed by atoms with Crippen LogP contribution in [0.3, 0.4) is 0 Å². The Labute approximate surface area is 177 Å². The molecule has 2 aromatic heterocycles. The van der Waals surface area contributed by atoms with E-state index < -0.39 is 0 Å². The molecule has 0 atom stereocenters. The summed E-state index contributed by atoms with van der Waals surface area (Å²) >= 11 is 2.68. The van der Waals surface area contributed by atoms with Crippen LogP contribution in [-0.2, 0) is 6.54 Å². The van der Waals surface area contributed by atoms with Gasteiger partial charge in [0, 0.05) is 48.0 Å². The van der Waals surface area contributed by atoms with Gasteiger partial charge in [0.1, 0.15) is 0 Å². The molecule has 0 saturated carbocycles. The molecular formula is C20H20N6OS2. The van der Waals surface area contributed by atoms with Gasteiger partial charge in [-0.3, -0.25) is 15.0 Å². The van der Waals surface area contributed by atoms with E-state index >= 15 is 0 Å². The molecule has 0 bridgehead atoms. The number of piperazine rings is 1. The number of benzene rings is 1. The lowest BCUT2D eigenvalue weighted by Crippen LogP contribution is -2.44. The first-order valence-corrected chi connectivity index (χ1v) is 10.9. The molecule has 1 N–H and O–H groups in total. The molecule has 3 heterocycles. The van der Waals surface area contributed by atoms with Crippen LogP contribution in [0.5, 0.6) is 0 Å². The average Bonchev–Trinajstić information content (AvgIpc) is 3.40. The van der Waals surface area contributed by atoms with Gasteiger partial charge in [0.2, 0.25) is 5.13 Å². The molecule has 0 unspecified atom stereocenters. The molecule has 148 valence electrons. The number of nitriles is 1. The van der Waals surface area contributed by atoms with Crippen LogP contribution < -0.4 is 5.32 Å². The number of hydrogen-bond donors (Lipinski definition) is 1. The molecule has 1 aromatic carbocycles. The fourth-order valence-corrected chi connectivity index (χ4v) is 4.55. The summed E-state index contributed by atoms with van der Waals surface area (Å²) < 4.78 is 4.38. The second-order valence-electron chi connectivity index (χ2n) is 6.94. The summed E-state index contributed by atoms with van der Waals surface area (Å²) in [6, 6.07) is 11.3. The van der Waals surface area contributed by atoms with E-state index in [2.05, 4.69) is 37.6 Å². The Bertz CT molecular complexity index is 1050. The van der Waals surface area contributed by atoms with Crippen LogP contribution in [-0.4, -0.2) is 58.3 Å². The van der Waals surface area contributed by atoms with Crippen LogP contribution >= 0.6 is 22.9 Å². The van der Waals surface area contributed by atoms with Crippen molar-refractivity contribution in [2.45, 2.75) is 6.54 Å². The number of amides is 1. The molecule has 1 aliphatic heterocycles. The standard InChI is InChI=1S/C20H20N6OS2/c1-25-5-7-26(8-6-25)12-18-22-20(29-24-18)23-19(27)16-10-17(28-13-16)15-4-2-3-14(9-15)11-21/h2-4,9-10,13H,5-8,12H2,1H3,(H,22,23,24,27). The summed E-state index contributed by atoms with van der Waals surface area (Å²) in [5.74, 6) is 0.542. The van der Waals surface area contributed by atoms with Crippen molar-refractivity contribution in [3.63, 3.8) is 0 Å². The van der Waals surface area contributed by atoms with E-state index in [1.54, 1.807) is 6.07 Å². The predicted molar refractivity (Wildman–Crippen MR) is 115 cm³/mol. The molecule has 1 fully saturated rings. The molecule has 9 heteroatoms. The maximum atomic E-state index is 12.6. The zero-order chi connectivity index (χ0) is 20.2. The van der Waals surface area contributed by atoms with Crippen molar-refractivity contribution in [3.8, 4) is 16.5 Å². The number of thiophene rings is 1. The normalized spacial score (nSPS) is 15.2. The number of hydrogen-bond acceptors (Lipinski definition) is 8. The number of rotatable bonds is 5. The fourth-order valence-electron chi connectivity index (χ4n) is 3.09. The van der Waals surface area contributed by atoms with Gasteiger partial charge in [-0.25, -0.2) is 4.98 Å². The Morgan fingerprint density at radius 1 is 1.28 bits per heavy atom. The first-order chi connectivity index (χ1) is 14.1. The van der Waals surface area contributed by atoms with Crippen LogP contribution in [0.2, 0.25) is 0 Å². The lowest BCUT2D eigenvalue weighted by Gasteiger charge is -2.31. The minimum absolute atomic E-state index is 0.203. The quantitative estimate of drug-likeness (QED) is 0.677. The van der Waals surface area contributed by atoms with Crippen LogP contribution in [0, 0.1) is 11.3 Å². The van der Waals surface area contributed by atoms with E-state index in [1.807, 2.05) is 29.6 Å². The lowest BCUT2D eigenvalue weighted by molar-refractivity contribution is 0.102. The molecule has 7 nitrogen and oxygen atoms in total. The van der Waals surface area contributed by atoms with Crippen molar-refractivity contribution in [2.24, 2.45) is 0 Å². The minimum atomic E-state index is -0.203. The number of carbonyl (C=O) groups excluding carboxylic acids is 1. The van der Waals surface area contributed by atoms with Crippen LogP contribution in [0.25, 0.3) is 10.4 Å². The van der Waals surface area contributed by atoms with Gasteiger partial charge in [-0.15, -0.1) is 11.3 Å². The number of anilines is 1. The first-order valence-electron chi connectivity index (χ1n) is 9.24. The van der Waals surface area contributed by atoms with Crippen LogP contribution in [0.1, 0.15) is 21.7 Å². The molecule has 0 spiro atoms. The van der Waals surface area contributed by atoms with Crippen molar-refractivity contribution in [3.05, 3.63) is 52.7 Å². The van der Waals surface area contributed by atoms with Crippen molar-refractivity contribution in [1.82, 2.24) is 19.2 Å². The number of carbonyl (C=O) groups is 1. The average molecular weight is 425 g/mol. The monoisotopic (exact) mass is 424 g/mol. The minimum Gasteiger partial charge on any atom is -0.304 e. The summed E-state index contributed by atoms with van der Waals surface area (Å²) in [7, 11) is 2.13. The molecule has 0 radical (unpaired) electrons. The molecular weight excluding hydrogens is 404 g/mol. The molecule has 1 amide bonds. The maximum Gasteiger partial charge on any atom is 0.258 e. The SMILES string of the molecule is CN1CCN(Cc2nsc(NC(=O)c3csc(-c4cccc(C#N)c4)c3)n2)CC1. The Morgan fingerprint density at radius 2 is 2.10 bits per heavy atom. The Hall–Kier alpha value is -2.64. The fraction of sp³-hybridized carbons (Fsp3) is 0.300. The Kier molecular flexibility index (Phi) is 5.97. The molecule has 1 aliphatic rings. The third kappa shape index (κ3) is 4.86. The van der Waals surface area contributed by atoms with E-state index in [0.29, 0.717) is 22.8 Å². The van der Waals surface area contributed by atoms with E-state index in [9.17, 15) is 4.79 Å². The predicted octanol–water partition coefficient (Wildman–Crippen LogP) is 3.14. The highest BCUT2D eigenvalue weighted by atomic mass is 32.1. The topological polar surface area (TPSA) is 85.1 Å². The van der Waals surface area contributed by atoms with Gasteiger partial charge in [-0.05, 0) is 30.8 Å². The first kappa shape index (κ1) is 19.7. The second kappa shape index (κ2) is 8.80. The van der Waals surface area contributed by atoms with Crippen molar-refractivity contribution >= 4 is 33.9 Å². The van der Waals surface area contributed by atoms with Crippen molar-refractivity contribution in [1.29, 1.82) is 5.26 Å². The van der Waals surface area contributed by atoms with Gasteiger partial charge in [-0.2, -0.15) is 9.64 Å². The van der Waals surface area contributed by atoms with E-state index in [4.69, 9.17) is 5.26 Å². The van der Waals surface area contributed by atoms with Gasteiger partial charge in [0.15, 0.2) is 5.82 Å². The Balaban J connectivity index is 1.38. The van der Waals surface area contributed by atoms with Gasteiger partial charge < -0.3 is 4.90 Å². The number of nitrogens with zero attached hydrogens (tertiary/aromatic N) is 5. The number of likely N-dealkylation sites (N-methyl/N-ethyl adjacent to an activating group) is 1. The van der Waals surface area contributed by atoms with Gasteiger partial charge in [-0.1, -0.05) is 12.1 Å². The van der Waals surface area contributed by atoms with Gasteiger partial charge in [0.05, 0.1) is 23.7 Å². The highest BCUT2D eigenvalue weighted by Gasteiger charge is 2.17. The molecule has 29 heavy (non-hydrogen) atoms. The zero-order valence-corrected chi connectivity index (χ0v) is 17.6. The summed E-state index contributed by atoms with van der Waals surface area (Å²) in [5, 5.41) is 14.2. The summed E-state index contributed by atoms with van der Waals surface area (Å²) in [4.78, 5) is 22.6. The third-order valence-electron chi connectivity index (χ3n) is 4.79. The van der Waals surface area contributed by atoms with E-state index in [1.165, 1.54) is 22.9 Å². The van der Waals surface area contributed by atoms with E-state index in [-0.39, 0.29) is 5.91 Å². The summed E-state index contributed by atoms with van der Waals surface area (Å²) in [6.07, 6.45) is 0. The van der Waals surface area contributed by atoms with Crippen molar-refractivity contribution < 1.29 is 4.79 Å². The van der Waals surface area contributed by atoms with Crippen molar-refractivity contribution in [2.75, 3.05) is 38.5 Å². The van der Waals surface area contributed by atoms with Crippen LogP contribution in [0.4, 0.5) is 5.13 Å². The number of aromatic nitrogens is 2. The molecule has 3 aromatic rings. The largest absolute Gasteiger partial charge is 0.304 e. The van der Waals surface area contributed by atoms with Gasteiger partial charge in [0.25, 0.3) is 5.91 Å². The second-order valence-corrected chi connectivity index (χ2v) is 8.60. The smallest absolute Gasteiger partial charge is 0.258 e. The molecule has 1 saturated heterocycles. The highest BCUT2D eigenvalue weighted by Crippen LogP contribution is 2.28. The maximum absolute atomic E-state index is 12.6. The molecule has 4 rings (SSSR count). The molecule has 0 aliphatic carbocycles. The summed E-state index contributed by atoms with van der Waals surface area (Å²) in [5.41, 5.74) is 2.10. The van der Waals surface area contributed by atoms with E-state index in [0.717, 1.165) is 42.4 Å². The third-order valence-corrected chi connectivity index (χ3v) is 6.43. The summed E-state index contributed by atoms with van der Waals surface area (Å²) in [6.45, 7) is 4.80. The van der Waals surface area contributed by atoms with Crippen LogP contribution in [0.15, 0.2) is 35.7 Å². The van der Waals surface area contributed by atoms with Gasteiger partial charge >= 0.3 is 0 Å². The zero-order valence-electron chi connectivity index (χ0n) is 16.0. The highest BCUT2D eigenvalue weighted by molar-refractivity contribution is 7.14. The lowest BCUT2D eigenvalue weighted by atomic mass is 10.1. The number of nitrogens with one attached hydrogen (secondary N) is 1.